The second-order valence-electron chi connectivity index (χ2n) is 13.7. The molecule has 2 aliphatic rings. The lowest BCUT2D eigenvalue weighted by atomic mass is 10.1. The Kier molecular flexibility index (Phi) is 7.61. The molecule has 0 spiro atoms. The summed E-state index contributed by atoms with van der Waals surface area (Å²) in [4.78, 5) is 93.1. The summed E-state index contributed by atoms with van der Waals surface area (Å²) in [6.45, 7) is 0. The zero-order valence-electron chi connectivity index (χ0n) is 30.1. The van der Waals surface area contributed by atoms with E-state index in [1.165, 1.54) is 36.4 Å². The Morgan fingerprint density at radius 2 is 0.932 bits per heavy atom. The van der Waals surface area contributed by atoms with E-state index < -0.39 is 35.6 Å². The number of imidazole rings is 2. The number of nitrogens with zero attached hydrogens (tertiary/aromatic N) is 4. The number of anilines is 2. The molecule has 4 N–H and O–H groups in total. The van der Waals surface area contributed by atoms with Gasteiger partial charge in [0, 0.05) is 23.3 Å². The number of carbonyl (C=O) groups is 6. The van der Waals surface area contributed by atoms with Crippen LogP contribution in [0.25, 0.3) is 44.8 Å². The van der Waals surface area contributed by atoms with Gasteiger partial charge in [0.1, 0.15) is 23.1 Å². The van der Waals surface area contributed by atoms with Crippen molar-refractivity contribution in [2.45, 2.75) is 0 Å². The zero-order chi connectivity index (χ0) is 40.7. The number of hydrogen-bond acceptors (Lipinski definition) is 9. The first-order valence-corrected chi connectivity index (χ1v) is 17.9. The Labute approximate surface area is 330 Å². The number of amides is 4. The van der Waals surface area contributed by atoms with Crippen molar-refractivity contribution in [3.05, 3.63) is 155 Å². The molecule has 4 amide bonds. The molecule has 59 heavy (non-hydrogen) atoms. The van der Waals surface area contributed by atoms with E-state index >= 15 is 0 Å². The summed E-state index contributed by atoms with van der Waals surface area (Å²) in [6, 6.07) is 32.0. The molecule has 0 unspecified atom stereocenters. The second kappa shape index (κ2) is 12.9. The standard InChI is InChI=1S/C44H24N6O9/c51-39-29-13-5-23(43(55)56)17-31(29)41(53)49(39)25-7-1-21(2-8-25)37-45-33-15-11-27(19-35(33)47-37)59-28-12-16-34-36(20-28)48-38(46-34)22-3-9-26(10-4-22)50-40(52)30-14-6-24(44(57)58)18-32(30)42(50)54/h1-20H,(H,45,47)(H,46,48)(H,55,56)(H,57,58). The molecular formula is C44H24N6O9. The Morgan fingerprint density at radius 1 is 0.475 bits per heavy atom. The number of benzene rings is 6. The summed E-state index contributed by atoms with van der Waals surface area (Å²) in [7, 11) is 0. The van der Waals surface area contributed by atoms with Crippen molar-refractivity contribution in [3.63, 3.8) is 0 Å². The van der Waals surface area contributed by atoms with Crippen LogP contribution < -0.4 is 14.5 Å². The van der Waals surface area contributed by atoms with Crippen molar-refractivity contribution in [1.29, 1.82) is 0 Å². The third kappa shape index (κ3) is 5.68. The highest BCUT2D eigenvalue weighted by Gasteiger charge is 2.38. The van der Waals surface area contributed by atoms with Crippen LogP contribution in [-0.2, 0) is 0 Å². The fraction of sp³-hybridized carbons (Fsp3) is 0. The quantitative estimate of drug-likeness (QED) is 0.110. The minimum absolute atomic E-state index is 0.0400. The molecule has 0 aliphatic carbocycles. The number of nitrogens with one attached hydrogen (secondary N) is 2. The highest BCUT2D eigenvalue weighted by Crippen LogP contribution is 2.34. The number of rotatable bonds is 8. The van der Waals surface area contributed by atoms with Crippen molar-refractivity contribution in [2.24, 2.45) is 0 Å². The van der Waals surface area contributed by atoms with Gasteiger partial charge in [0.15, 0.2) is 0 Å². The number of ether oxygens (including phenoxy) is 1. The van der Waals surface area contributed by atoms with Gasteiger partial charge in [0.05, 0.1) is 66.8 Å². The summed E-state index contributed by atoms with van der Waals surface area (Å²) >= 11 is 0. The third-order valence-electron chi connectivity index (χ3n) is 10.2. The van der Waals surface area contributed by atoms with Gasteiger partial charge in [-0.3, -0.25) is 19.2 Å². The number of carbonyl (C=O) groups excluding carboxylic acids is 4. The van der Waals surface area contributed by atoms with Crippen LogP contribution in [0.2, 0.25) is 0 Å². The topological polar surface area (TPSA) is 216 Å². The van der Waals surface area contributed by atoms with E-state index in [2.05, 4.69) is 15.0 Å². The fourth-order valence-corrected chi connectivity index (χ4v) is 7.26. The molecule has 15 nitrogen and oxygen atoms in total. The number of carboxylic acids is 2. The zero-order valence-corrected chi connectivity index (χ0v) is 30.1. The number of carboxylic acid groups (broad SMARTS) is 2. The first-order valence-electron chi connectivity index (χ1n) is 17.9. The highest BCUT2D eigenvalue weighted by molar-refractivity contribution is 6.35. The predicted octanol–water partition coefficient (Wildman–Crippen LogP) is 7.56. The molecule has 0 saturated heterocycles. The Bertz CT molecular complexity index is 2970. The lowest BCUT2D eigenvalue weighted by molar-refractivity contribution is 0.0686. The van der Waals surface area contributed by atoms with E-state index in [1.807, 2.05) is 18.2 Å². The lowest BCUT2D eigenvalue weighted by Crippen LogP contribution is -2.29. The van der Waals surface area contributed by atoms with E-state index in [0.29, 0.717) is 62.2 Å². The van der Waals surface area contributed by atoms with Crippen LogP contribution in [0.1, 0.15) is 62.1 Å². The highest BCUT2D eigenvalue weighted by atomic mass is 16.5. The van der Waals surface area contributed by atoms with Gasteiger partial charge in [-0.2, -0.15) is 0 Å². The van der Waals surface area contributed by atoms with Crippen molar-refractivity contribution in [3.8, 4) is 34.3 Å². The number of fused-ring (bicyclic) bond motifs is 4. The number of aromatic carboxylic acids is 2. The summed E-state index contributed by atoms with van der Waals surface area (Å²) in [5.41, 5.74) is 5.05. The van der Waals surface area contributed by atoms with Gasteiger partial charge in [-0.25, -0.2) is 29.4 Å². The van der Waals surface area contributed by atoms with Crippen molar-refractivity contribution < 1.29 is 43.7 Å². The molecule has 10 rings (SSSR count). The average molecular weight is 781 g/mol. The molecule has 284 valence electrons. The molecule has 0 bridgehead atoms. The first kappa shape index (κ1) is 34.7. The van der Waals surface area contributed by atoms with Crippen molar-refractivity contribution in [2.75, 3.05) is 9.80 Å². The van der Waals surface area contributed by atoms with Crippen LogP contribution in [0.3, 0.4) is 0 Å². The summed E-state index contributed by atoms with van der Waals surface area (Å²) in [6.07, 6.45) is 0. The first-order chi connectivity index (χ1) is 28.5. The van der Waals surface area contributed by atoms with E-state index in [-0.39, 0.29) is 33.4 Å². The largest absolute Gasteiger partial charge is 0.478 e. The maximum absolute atomic E-state index is 13.1. The molecule has 6 aromatic carbocycles. The molecule has 0 fully saturated rings. The molecule has 0 radical (unpaired) electrons. The number of aromatic amines is 2. The molecule has 2 aromatic heterocycles. The second-order valence-corrected chi connectivity index (χ2v) is 13.7. The van der Waals surface area contributed by atoms with E-state index in [9.17, 15) is 39.0 Å². The molecule has 2 aliphatic heterocycles. The number of imide groups is 2. The van der Waals surface area contributed by atoms with Crippen molar-refractivity contribution >= 4 is 69.0 Å². The maximum Gasteiger partial charge on any atom is 0.335 e. The van der Waals surface area contributed by atoms with Gasteiger partial charge in [-0.15, -0.1) is 0 Å². The van der Waals surface area contributed by atoms with E-state index in [1.54, 1.807) is 66.7 Å². The summed E-state index contributed by atoms with van der Waals surface area (Å²) in [5.74, 6) is -2.47. The van der Waals surface area contributed by atoms with Crippen LogP contribution >= 0.6 is 0 Å². The number of H-pyrrole nitrogens is 2. The monoisotopic (exact) mass is 780 g/mol. The molecule has 0 atom stereocenters. The van der Waals surface area contributed by atoms with Gasteiger partial charge in [-0.1, -0.05) is 0 Å². The lowest BCUT2D eigenvalue weighted by Gasteiger charge is -2.14. The molecule has 4 heterocycles. The van der Waals surface area contributed by atoms with Gasteiger partial charge in [-0.05, 0) is 109 Å². The molecule has 0 saturated carbocycles. The Balaban J connectivity index is 0.836. The molecular weight excluding hydrogens is 757 g/mol. The van der Waals surface area contributed by atoms with Gasteiger partial charge in [0.25, 0.3) is 23.6 Å². The normalized spacial score (nSPS) is 13.4. The summed E-state index contributed by atoms with van der Waals surface area (Å²) in [5, 5.41) is 18.6. The van der Waals surface area contributed by atoms with Crippen LogP contribution in [-0.4, -0.2) is 65.7 Å². The fourth-order valence-electron chi connectivity index (χ4n) is 7.26. The number of aromatic nitrogens is 4. The minimum atomic E-state index is -1.19. The smallest absolute Gasteiger partial charge is 0.335 e. The van der Waals surface area contributed by atoms with Crippen molar-refractivity contribution in [1.82, 2.24) is 19.9 Å². The average Bonchev–Trinajstić information content (AvgIpc) is 3.99. The third-order valence-corrected chi connectivity index (χ3v) is 10.2. The number of hydrogen-bond donors (Lipinski definition) is 4. The molecule has 8 aromatic rings. The SMILES string of the molecule is O=C(O)c1ccc2c(c1)C(=O)N(c1ccc(-c3nc4cc(Oc5ccc6nc(-c7ccc(N8C(=O)c9ccc(C(=O)O)cc9C8=O)cc7)[nH]c6c5)ccc4[nH]3)cc1)C2=O. The minimum Gasteiger partial charge on any atom is -0.478 e. The predicted molar refractivity (Wildman–Crippen MR) is 212 cm³/mol. The maximum atomic E-state index is 13.1. The van der Waals surface area contributed by atoms with Crippen LogP contribution in [0.5, 0.6) is 11.5 Å². The summed E-state index contributed by atoms with van der Waals surface area (Å²) < 4.78 is 6.20. The molecule has 15 heteroatoms. The van der Waals surface area contributed by atoms with Crippen LogP contribution in [0.4, 0.5) is 11.4 Å². The van der Waals surface area contributed by atoms with Gasteiger partial charge < -0.3 is 24.9 Å². The Hall–Kier alpha value is -8.72. The van der Waals surface area contributed by atoms with Crippen LogP contribution in [0.15, 0.2) is 121 Å². The Morgan fingerprint density at radius 3 is 1.46 bits per heavy atom. The van der Waals surface area contributed by atoms with Gasteiger partial charge in [0.2, 0.25) is 0 Å². The van der Waals surface area contributed by atoms with E-state index in [4.69, 9.17) is 9.72 Å². The van der Waals surface area contributed by atoms with Crippen LogP contribution in [0, 0.1) is 0 Å². The van der Waals surface area contributed by atoms with E-state index in [0.717, 1.165) is 15.3 Å². The van der Waals surface area contributed by atoms with Gasteiger partial charge >= 0.3 is 11.9 Å².